The van der Waals surface area contributed by atoms with Crippen LogP contribution in [-0.4, -0.2) is 37.1 Å². The van der Waals surface area contributed by atoms with Gasteiger partial charge in [0, 0.05) is 44.1 Å². The van der Waals surface area contributed by atoms with E-state index in [9.17, 15) is 4.79 Å². The number of carbonyl (C=O) groups is 1. The second-order valence-corrected chi connectivity index (χ2v) is 7.62. The van der Waals surface area contributed by atoms with Gasteiger partial charge in [-0.15, -0.1) is 11.3 Å². The molecule has 2 heterocycles. The first kappa shape index (κ1) is 19.1. The smallest absolute Gasteiger partial charge is 0.220 e. The Morgan fingerprint density at radius 1 is 1.31 bits per heavy atom. The number of ether oxygens (including phenoxy) is 1. The average molecular weight is 373 g/mol. The van der Waals surface area contributed by atoms with Crippen molar-refractivity contribution in [2.45, 2.75) is 38.8 Å². The highest BCUT2D eigenvalue weighted by Gasteiger charge is 2.25. The van der Waals surface area contributed by atoms with Gasteiger partial charge in [-0.3, -0.25) is 9.69 Å². The van der Waals surface area contributed by atoms with Crippen molar-refractivity contribution in [3.63, 3.8) is 0 Å². The van der Waals surface area contributed by atoms with Gasteiger partial charge in [0.25, 0.3) is 0 Å². The Balaban J connectivity index is 1.61. The van der Waals surface area contributed by atoms with Crippen LogP contribution in [0.2, 0.25) is 0 Å². The minimum absolute atomic E-state index is 0.110. The Bertz CT molecular complexity index is 686. The third-order valence-corrected chi connectivity index (χ3v) is 5.87. The number of nitrogens with one attached hydrogen (secondary N) is 1. The Labute approximate surface area is 160 Å². The molecule has 2 aromatic rings. The number of benzene rings is 1. The van der Waals surface area contributed by atoms with Gasteiger partial charge in [-0.1, -0.05) is 30.3 Å². The van der Waals surface area contributed by atoms with Crippen LogP contribution in [0.25, 0.3) is 0 Å². The molecule has 140 valence electrons. The van der Waals surface area contributed by atoms with Crippen LogP contribution in [-0.2, 0) is 22.5 Å². The summed E-state index contributed by atoms with van der Waals surface area (Å²) in [5.41, 5.74) is 2.70. The summed E-state index contributed by atoms with van der Waals surface area (Å²) in [6.45, 7) is 5.97. The lowest BCUT2D eigenvalue weighted by atomic mass is 10.0. The number of amides is 1. The summed E-state index contributed by atoms with van der Waals surface area (Å²) in [6.07, 6.45) is 2.40. The van der Waals surface area contributed by atoms with Gasteiger partial charge in [0.05, 0.1) is 6.04 Å². The summed E-state index contributed by atoms with van der Waals surface area (Å²) in [5, 5.41) is 5.33. The van der Waals surface area contributed by atoms with Crippen molar-refractivity contribution in [2.24, 2.45) is 0 Å². The largest absolute Gasteiger partial charge is 0.382 e. The highest BCUT2D eigenvalue weighted by atomic mass is 32.1. The van der Waals surface area contributed by atoms with E-state index in [1.54, 1.807) is 0 Å². The van der Waals surface area contributed by atoms with Crippen LogP contribution in [0, 0.1) is 0 Å². The van der Waals surface area contributed by atoms with Crippen LogP contribution in [0.5, 0.6) is 0 Å². The van der Waals surface area contributed by atoms with Gasteiger partial charge >= 0.3 is 0 Å². The molecule has 0 bridgehead atoms. The molecule has 1 aromatic carbocycles. The lowest BCUT2D eigenvalue weighted by Crippen LogP contribution is -2.40. The van der Waals surface area contributed by atoms with E-state index < -0.39 is 0 Å². The molecule has 0 radical (unpaired) electrons. The summed E-state index contributed by atoms with van der Waals surface area (Å²) in [7, 11) is 0. The van der Waals surface area contributed by atoms with Gasteiger partial charge in [-0.2, -0.15) is 0 Å². The zero-order chi connectivity index (χ0) is 18.2. The van der Waals surface area contributed by atoms with Crippen molar-refractivity contribution in [2.75, 3.05) is 26.3 Å². The number of rotatable bonds is 9. The van der Waals surface area contributed by atoms with Crippen LogP contribution in [0.15, 0.2) is 41.8 Å². The van der Waals surface area contributed by atoms with E-state index in [-0.39, 0.29) is 11.9 Å². The van der Waals surface area contributed by atoms with Crippen molar-refractivity contribution < 1.29 is 9.53 Å². The molecule has 4 nitrogen and oxygen atoms in total. The average Bonchev–Trinajstić information content (AvgIpc) is 3.14. The first-order valence-corrected chi connectivity index (χ1v) is 10.3. The summed E-state index contributed by atoms with van der Waals surface area (Å²) < 4.78 is 5.31. The van der Waals surface area contributed by atoms with Crippen LogP contribution >= 0.6 is 11.3 Å². The molecule has 1 N–H and O–H groups in total. The maximum atomic E-state index is 12.2. The minimum Gasteiger partial charge on any atom is -0.382 e. The molecule has 1 amide bonds. The maximum Gasteiger partial charge on any atom is 0.220 e. The van der Waals surface area contributed by atoms with Crippen LogP contribution in [0.1, 0.15) is 41.8 Å². The third-order valence-electron chi connectivity index (χ3n) is 4.85. The molecule has 5 heteroatoms. The Hall–Kier alpha value is -1.69. The van der Waals surface area contributed by atoms with Crippen LogP contribution in [0.3, 0.4) is 0 Å². The third kappa shape index (κ3) is 5.16. The summed E-state index contributed by atoms with van der Waals surface area (Å²) in [4.78, 5) is 16.2. The van der Waals surface area contributed by atoms with E-state index in [2.05, 4.69) is 45.9 Å². The molecule has 26 heavy (non-hydrogen) atoms. The van der Waals surface area contributed by atoms with E-state index in [1.165, 1.54) is 16.0 Å². The summed E-state index contributed by atoms with van der Waals surface area (Å²) in [5.74, 6) is 0.110. The van der Waals surface area contributed by atoms with Crippen molar-refractivity contribution in [1.82, 2.24) is 10.2 Å². The molecule has 3 rings (SSSR count). The normalized spacial score (nSPS) is 15.4. The molecule has 0 saturated carbocycles. The Morgan fingerprint density at radius 2 is 2.15 bits per heavy atom. The maximum absolute atomic E-state index is 12.2. The number of fused-ring (bicyclic) bond motifs is 1. The number of nitrogens with zero attached hydrogens (tertiary/aromatic N) is 1. The molecule has 1 aliphatic heterocycles. The van der Waals surface area contributed by atoms with E-state index >= 15 is 0 Å². The molecular weight excluding hydrogens is 344 g/mol. The van der Waals surface area contributed by atoms with Gasteiger partial charge in [0.1, 0.15) is 0 Å². The zero-order valence-electron chi connectivity index (χ0n) is 15.4. The van der Waals surface area contributed by atoms with E-state index in [0.717, 1.165) is 25.9 Å². The predicted octanol–water partition coefficient (Wildman–Crippen LogP) is 3.78. The summed E-state index contributed by atoms with van der Waals surface area (Å²) >= 11 is 1.86. The molecular formula is C21H28N2O2S. The molecule has 0 aliphatic carbocycles. The molecule has 1 aromatic heterocycles. The quantitative estimate of drug-likeness (QED) is 0.681. The fourth-order valence-corrected chi connectivity index (χ4v) is 4.34. The SMILES string of the molecule is CCOCCCC(=O)NC[C@@H](c1ccccc1)N1CCc2sccc2C1. The fourth-order valence-electron chi connectivity index (χ4n) is 3.45. The summed E-state index contributed by atoms with van der Waals surface area (Å²) in [6, 6.07) is 13.0. The van der Waals surface area contributed by atoms with Crippen molar-refractivity contribution in [3.05, 3.63) is 57.8 Å². The minimum atomic E-state index is 0.110. The van der Waals surface area contributed by atoms with Crippen molar-refractivity contribution >= 4 is 17.2 Å². The van der Waals surface area contributed by atoms with Crippen molar-refractivity contribution in [1.29, 1.82) is 0 Å². The molecule has 1 aliphatic rings. The molecule has 0 fully saturated rings. The highest BCUT2D eigenvalue weighted by Crippen LogP contribution is 2.30. The number of hydrogen-bond donors (Lipinski definition) is 1. The topological polar surface area (TPSA) is 41.6 Å². The van der Waals surface area contributed by atoms with Gasteiger partial charge in [0.2, 0.25) is 5.91 Å². The van der Waals surface area contributed by atoms with Gasteiger partial charge in [0.15, 0.2) is 0 Å². The fraction of sp³-hybridized carbons (Fsp3) is 0.476. The second-order valence-electron chi connectivity index (χ2n) is 6.62. The second kappa shape index (κ2) is 9.86. The molecule has 0 spiro atoms. The van der Waals surface area contributed by atoms with Crippen LogP contribution in [0.4, 0.5) is 0 Å². The first-order chi connectivity index (χ1) is 12.8. The monoisotopic (exact) mass is 372 g/mol. The molecule has 1 atom stereocenters. The van der Waals surface area contributed by atoms with Crippen LogP contribution < -0.4 is 5.32 Å². The lowest BCUT2D eigenvalue weighted by Gasteiger charge is -2.35. The zero-order valence-corrected chi connectivity index (χ0v) is 16.3. The highest BCUT2D eigenvalue weighted by molar-refractivity contribution is 7.10. The van der Waals surface area contributed by atoms with E-state index in [1.807, 2.05) is 24.3 Å². The van der Waals surface area contributed by atoms with Gasteiger partial charge in [-0.25, -0.2) is 0 Å². The predicted molar refractivity (Wildman–Crippen MR) is 106 cm³/mol. The van der Waals surface area contributed by atoms with Gasteiger partial charge in [-0.05, 0) is 42.3 Å². The van der Waals surface area contributed by atoms with Gasteiger partial charge < -0.3 is 10.1 Å². The lowest BCUT2D eigenvalue weighted by molar-refractivity contribution is -0.121. The molecule has 0 unspecified atom stereocenters. The number of carbonyl (C=O) groups excluding carboxylic acids is 1. The Kier molecular flexibility index (Phi) is 7.23. The van der Waals surface area contributed by atoms with E-state index in [4.69, 9.17) is 4.74 Å². The number of thiophene rings is 1. The van der Waals surface area contributed by atoms with E-state index in [0.29, 0.717) is 26.2 Å². The van der Waals surface area contributed by atoms with Crippen molar-refractivity contribution in [3.8, 4) is 0 Å². The molecule has 0 saturated heterocycles. The standard InChI is InChI=1S/C21H28N2O2S/c1-2-25-13-6-9-21(24)22-15-19(17-7-4-3-5-8-17)23-12-10-20-18(16-23)11-14-26-20/h3-5,7-8,11,14,19H,2,6,9-10,12-13,15-16H2,1H3,(H,22,24)/t19-/m0/s1. The number of hydrogen-bond acceptors (Lipinski definition) is 4. The Morgan fingerprint density at radius 3 is 2.96 bits per heavy atom. The first-order valence-electron chi connectivity index (χ1n) is 9.46.